The van der Waals surface area contributed by atoms with Crippen molar-refractivity contribution < 1.29 is 9.47 Å². The molecule has 0 aromatic carbocycles. The molecule has 1 atom stereocenters. The summed E-state index contributed by atoms with van der Waals surface area (Å²) in [5, 5.41) is 0. The lowest BCUT2D eigenvalue weighted by molar-refractivity contribution is -0.0233. The zero-order valence-electron chi connectivity index (χ0n) is 20.5. The van der Waals surface area contributed by atoms with Gasteiger partial charge in [-0.25, -0.2) is 0 Å². The van der Waals surface area contributed by atoms with E-state index in [2.05, 4.69) is 20.1 Å². The zero-order chi connectivity index (χ0) is 22.0. The van der Waals surface area contributed by atoms with Gasteiger partial charge in [0.25, 0.3) is 0 Å². The van der Waals surface area contributed by atoms with E-state index in [4.69, 9.17) is 9.47 Å². The van der Waals surface area contributed by atoms with Gasteiger partial charge in [0, 0.05) is 13.2 Å². The summed E-state index contributed by atoms with van der Waals surface area (Å²) < 4.78 is 12.1. The Bertz CT molecular complexity index is 340. The molecule has 0 aliphatic heterocycles. The molecule has 0 aliphatic rings. The van der Waals surface area contributed by atoms with Crippen molar-refractivity contribution >= 4 is 0 Å². The van der Waals surface area contributed by atoms with Gasteiger partial charge in [-0.2, -0.15) is 0 Å². The van der Waals surface area contributed by atoms with Crippen molar-refractivity contribution in [2.24, 2.45) is 0 Å². The van der Waals surface area contributed by atoms with Gasteiger partial charge in [-0.1, -0.05) is 96.1 Å². The summed E-state index contributed by atoms with van der Waals surface area (Å²) in [5.41, 5.74) is 0. The number of hydrogen-bond acceptors (Lipinski definition) is 2. The van der Waals surface area contributed by atoms with Gasteiger partial charge in [-0.15, -0.1) is 13.2 Å². The van der Waals surface area contributed by atoms with Gasteiger partial charge >= 0.3 is 0 Å². The van der Waals surface area contributed by atoms with Gasteiger partial charge in [0.15, 0.2) is 0 Å². The Labute approximate surface area is 189 Å². The maximum atomic E-state index is 6.15. The normalized spacial score (nSPS) is 12.2. The summed E-state index contributed by atoms with van der Waals surface area (Å²) in [7, 11) is 0. The van der Waals surface area contributed by atoms with E-state index in [1.165, 1.54) is 116 Å². The molecule has 0 aromatic rings. The van der Waals surface area contributed by atoms with Crippen LogP contribution in [0.25, 0.3) is 0 Å². The van der Waals surface area contributed by atoms with E-state index in [9.17, 15) is 0 Å². The third-order valence-electron chi connectivity index (χ3n) is 5.79. The van der Waals surface area contributed by atoms with Crippen LogP contribution in [0.2, 0.25) is 0 Å². The molecule has 0 saturated carbocycles. The molecule has 2 heteroatoms. The third kappa shape index (κ3) is 23.7. The smallest absolute Gasteiger partial charge is 0.0808 e. The molecule has 0 heterocycles. The number of allylic oxidation sites excluding steroid dienone is 2. The Morgan fingerprint density at radius 3 is 1.57 bits per heavy atom. The molecule has 0 aliphatic carbocycles. The van der Waals surface area contributed by atoms with Gasteiger partial charge in [0.2, 0.25) is 0 Å². The first-order chi connectivity index (χ1) is 14.8. The van der Waals surface area contributed by atoms with Crippen LogP contribution in [0, 0.1) is 0 Å². The number of unbranched alkanes of at least 4 members (excludes halogenated alkanes) is 15. The predicted octanol–water partition coefficient (Wildman–Crippen LogP) is 9.19. The standard InChI is InChI=1S/C28H54O2/c1-4-7-10-12-14-16-18-20-22-25-29-27-28(24-9-6-3)30-26-23-21-19-17-15-13-11-8-5-2/h4-5,28H,1-2,6-27H2,3H3. The average molecular weight is 423 g/mol. The highest BCUT2D eigenvalue weighted by Gasteiger charge is 2.09. The first kappa shape index (κ1) is 29.4. The van der Waals surface area contributed by atoms with Gasteiger partial charge < -0.3 is 9.47 Å². The molecule has 30 heavy (non-hydrogen) atoms. The lowest BCUT2D eigenvalue weighted by Gasteiger charge is -2.18. The Morgan fingerprint density at radius 1 is 0.600 bits per heavy atom. The van der Waals surface area contributed by atoms with E-state index in [0.717, 1.165) is 26.2 Å². The van der Waals surface area contributed by atoms with Crippen LogP contribution in [0.5, 0.6) is 0 Å². The Balaban J connectivity index is 3.53. The molecule has 0 amide bonds. The minimum atomic E-state index is 0.300. The van der Waals surface area contributed by atoms with Crippen LogP contribution in [-0.2, 0) is 9.47 Å². The second-order valence-corrected chi connectivity index (χ2v) is 8.81. The summed E-state index contributed by atoms with van der Waals surface area (Å²) in [5.74, 6) is 0. The summed E-state index contributed by atoms with van der Waals surface area (Å²) in [6.45, 7) is 12.4. The SMILES string of the molecule is C=CCCCCCCCCCOCC(CCCC)OCCCCCCCCCC=C. The molecule has 0 aromatic heterocycles. The summed E-state index contributed by atoms with van der Waals surface area (Å²) in [6, 6.07) is 0. The quantitative estimate of drug-likeness (QED) is 0.102. The van der Waals surface area contributed by atoms with Crippen molar-refractivity contribution in [3.05, 3.63) is 25.3 Å². The molecule has 0 fully saturated rings. The topological polar surface area (TPSA) is 18.5 Å². The highest BCUT2D eigenvalue weighted by atomic mass is 16.5. The minimum absolute atomic E-state index is 0.300. The van der Waals surface area contributed by atoms with E-state index in [1.807, 2.05) is 12.2 Å². The zero-order valence-corrected chi connectivity index (χ0v) is 20.5. The molecular formula is C28H54O2. The third-order valence-corrected chi connectivity index (χ3v) is 5.79. The fourth-order valence-electron chi connectivity index (χ4n) is 3.76. The van der Waals surface area contributed by atoms with Crippen LogP contribution in [-0.4, -0.2) is 25.9 Å². The number of ether oxygens (including phenoxy) is 2. The van der Waals surface area contributed by atoms with Crippen molar-refractivity contribution in [2.75, 3.05) is 19.8 Å². The van der Waals surface area contributed by atoms with Crippen molar-refractivity contribution in [2.45, 2.75) is 135 Å². The van der Waals surface area contributed by atoms with Crippen molar-refractivity contribution in [3.63, 3.8) is 0 Å². The maximum absolute atomic E-state index is 6.15. The molecular weight excluding hydrogens is 368 g/mol. The molecule has 0 rings (SSSR count). The van der Waals surface area contributed by atoms with Crippen LogP contribution in [0.4, 0.5) is 0 Å². The van der Waals surface area contributed by atoms with Crippen LogP contribution in [0.15, 0.2) is 25.3 Å². The van der Waals surface area contributed by atoms with Crippen LogP contribution in [0.3, 0.4) is 0 Å². The van der Waals surface area contributed by atoms with Gasteiger partial charge in [-0.3, -0.25) is 0 Å². The van der Waals surface area contributed by atoms with Crippen LogP contribution in [0.1, 0.15) is 129 Å². The monoisotopic (exact) mass is 422 g/mol. The van der Waals surface area contributed by atoms with Gasteiger partial charge in [0.1, 0.15) is 0 Å². The summed E-state index contributed by atoms with van der Waals surface area (Å²) >= 11 is 0. The first-order valence-electron chi connectivity index (χ1n) is 13.3. The van der Waals surface area contributed by atoms with Crippen LogP contribution < -0.4 is 0 Å². The van der Waals surface area contributed by atoms with E-state index < -0.39 is 0 Å². The molecule has 0 N–H and O–H groups in total. The molecule has 1 unspecified atom stereocenters. The van der Waals surface area contributed by atoms with E-state index in [-0.39, 0.29) is 0 Å². The average Bonchev–Trinajstić information content (AvgIpc) is 2.76. The second kappa shape index (κ2) is 26.4. The number of hydrogen-bond donors (Lipinski definition) is 0. The Morgan fingerprint density at radius 2 is 1.07 bits per heavy atom. The Kier molecular flexibility index (Phi) is 25.9. The largest absolute Gasteiger partial charge is 0.379 e. The molecule has 2 nitrogen and oxygen atoms in total. The van der Waals surface area contributed by atoms with E-state index in [1.54, 1.807) is 0 Å². The van der Waals surface area contributed by atoms with Gasteiger partial charge in [0.05, 0.1) is 12.7 Å². The van der Waals surface area contributed by atoms with Crippen molar-refractivity contribution in [1.29, 1.82) is 0 Å². The van der Waals surface area contributed by atoms with Gasteiger partial charge in [-0.05, 0) is 44.9 Å². The maximum Gasteiger partial charge on any atom is 0.0808 e. The lowest BCUT2D eigenvalue weighted by atomic mass is 10.1. The molecule has 178 valence electrons. The van der Waals surface area contributed by atoms with Crippen molar-refractivity contribution in [3.8, 4) is 0 Å². The highest BCUT2D eigenvalue weighted by molar-refractivity contribution is 4.66. The number of rotatable bonds is 26. The molecule has 0 bridgehead atoms. The fraction of sp³-hybridized carbons (Fsp3) is 0.857. The van der Waals surface area contributed by atoms with Crippen molar-refractivity contribution in [1.82, 2.24) is 0 Å². The molecule has 0 radical (unpaired) electrons. The predicted molar refractivity (Wildman–Crippen MR) is 134 cm³/mol. The fourth-order valence-corrected chi connectivity index (χ4v) is 3.76. The highest BCUT2D eigenvalue weighted by Crippen LogP contribution is 2.12. The minimum Gasteiger partial charge on any atom is -0.379 e. The second-order valence-electron chi connectivity index (χ2n) is 8.81. The molecule has 0 spiro atoms. The summed E-state index contributed by atoms with van der Waals surface area (Å²) in [4.78, 5) is 0. The summed E-state index contributed by atoms with van der Waals surface area (Å²) in [6.07, 6.45) is 28.8. The van der Waals surface area contributed by atoms with E-state index in [0.29, 0.717) is 6.10 Å². The van der Waals surface area contributed by atoms with E-state index >= 15 is 0 Å². The first-order valence-corrected chi connectivity index (χ1v) is 13.3. The molecule has 0 saturated heterocycles. The van der Waals surface area contributed by atoms with Crippen LogP contribution >= 0.6 is 0 Å². The Hall–Kier alpha value is -0.600. The lowest BCUT2D eigenvalue weighted by Crippen LogP contribution is -2.21.